The van der Waals surface area contributed by atoms with Crippen LogP contribution in [-0.4, -0.2) is 43.3 Å². The first-order valence-electron chi connectivity index (χ1n) is 8.80. The molecule has 7 heteroatoms. The van der Waals surface area contributed by atoms with Gasteiger partial charge < -0.3 is 4.52 Å². The smallest absolute Gasteiger partial charge is 0.241 e. The van der Waals surface area contributed by atoms with Gasteiger partial charge in [0.15, 0.2) is 0 Å². The lowest BCUT2D eigenvalue weighted by Gasteiger charge is -2.39. The quantitative estimate of drug-likeness (QED) is 0.790. The van der Waals surface area contributed by atoms with Crippen LogP contribution < -0.4 is 0 Å². The molecule has 1 fully saturated rings. The zero-order chi connectivity index (χ0) is 16.7. The largest absolute Gasteiger partial charge is 0.338 e. The summed E-state index contributed by atoms with van der Waals surface area (Å²) in [5.41, 5.74) is 3.88. The van der Waals surface area contributed by atoms with Gasteiger partial charge >= 0.3 is 0 Å². The number of rotatable bonds is 3. The van der Waals surface area contributed by atoms with Crippen molar-refractivity contribution in [1.82, 2.24) is 30.2 Å². The summed E-state index contributed by atoms with van der Waals surface area (Å²) in [5.74, 6) is 1.30. The molecule has 25 heavy (non-hydrogen) atoms. The first kappa shape index (κ1) is 14.8. The van der Waals surface area contributed by atoms with Crippen LogP contribution in [0, 0.1) is 0 Å². The second kappa shape index (κ2) is 5.77. The molecule has 4 heterocycles. The zero-order valence-electron chi connectivity index (χ0n) is 14.0. The van der Waals surface area contributed by atoms with Gasteiger partial charge in [0.25, 0.3) is 0 Å². The van der Waals surface area contributed by atoms with E-state index in [1.54, 1.807) is 12.4 Å². The molecule has 3 aromatic heterocycles. The van der Waals surface area contributed by atoms with E-state index in [4.69, 9.17) is 4.52 Å². The van der Waals surface area contributed by atoms with Crippen LogP contribution in [0.4, 0.5) is 0 Å². The van der Waals surface area contributed by atoms with Gasteiger partial charge in [0.2, 0.25) is 11.7 Å². The standard InChI is InChI=1S/C18H20N6O/c1-5-18(6-2-14-10-20-22-16(14)18)12-24(9-1)11-15-21-17(23-25-15)13-3-7-19-8-4-13/h3-4,7-8,10H,1-2,5-6,9,11-12H2,(H,20,22). The Hall–Kier alpha value is -2.54. The van der Waals surface area contributed by atoms with Crippen LogP contribution >= 0.6 is 0 Å². The molecule has 0 saturated carbocycles. The normalized spacial score (nSPS) is 23.2. The molecule has 0 aromatic carbocycles. The van der Waals surface area contributed by atoms with Crippen molar-refractivity contribution in [2.75, 3.05) is 13.1 Å². The van der Waals surface area contributed by atoms with Crippen LogP contribution in [0.3, 0.4) is 0 Å². The van der Waals surface area contributed by atoms with E-state index in [0.717, 1.165) is 25.1 Å². The number of pyridine rings is 1. The number of hydrogen-bond acceptors (Lipinski definition) is 6. The van der Waals surface area contributed by atoms with E-state index in [1.807, 2.05) is 18.3 Å². The molecule has 2 aliphatic rings. The third kappa shape index (κ3) is 2.55. The van der Waals surface area contributed by atoms with Gasteiger partial charge in [-0.2, -0.15) is 10.1 Å². The third-order valence-corrected chi connectivity index (χ3v) is 5.54. The molecule has 128 valence electrons. The highest BCUT2D eigenvalue weighted by Gasteiger charge is 2.43. The zero-order valence-corrected chi connectivity index (χ0v) is 14.0. The molecular formula is C18H20N6O. The molecule has 1 N–H and O–H groups in total. The van der Waals surface area contributed by atoms with E-state index in [0.29, 0.717) is 18.3 Å². The lowest BCUT2D eigenvalue weighted by atomic mass is 9.77. The topological polar surface area (TPSA) is 83.7 Å². The Morgan fingerprint density at radius 2 is 2.16 bits per heavy atom. The van der Waals surface area contributed by atoms with E-state index in [-0.39, 0.29) is 5.41 Å². The van der Waals surface area contributed by atoms with Crippen LogP contribution in [0.25, 0.3) is 11.4 Å². The summed E-state index contributed by atoms with van der Waals surface area (Å²) in [5, 5.41) is 11.6. The summed E-state index contributed by atoms with van der Waals surface area (Å²) in [6.07, 6.45) is 10.2. The van der Waals surface area contributed by atoms with E-state index in [9.17, 15) is 0 Å². The maximum absolute atomic E-state index is 5.48. The number of aryl methyl sites for hydroxylation is 1. The highest BCUT2D eigenvalue weighted by molar-refractivity contribution is 5.52. The molecule has 0 radical (unpaired) electrons. The second-order valence-corrected chi connectivity index (χ2v) is 7.11. The first-order chi connectivity index (χ1) is 12.3. The van der Waals surface area contributed by atoms with Gasteiger partial charge in [0.1, 0.15) is 0 Å². The Bertz CT molecular complexity index is 873. The lowest BCUT2D eigenvalue weighted by Crippen LogP contribution is -2.44. The number of nitrogens with one attached hydrogen (secondary N) is 1. The van der Waals surface area contributed by atoms with Gasteiger partial charge in [-0.15, -0.1) is 0 Å². The van der Waals surface area contributed by atoms with Gasteiger partial charge in [-0.25, -0.2) is 0 Å². The van der Waals surface area contributed by atoms with Crippen molar-refractivity contribution in [3.63, 3.8) is 0 Å². The average molecular weight is 336 g/mol. The fraction of sp³-hybridized carbons (Fsp3) is 0.444. The Balaban J connectivity index is 1.33. The average Bonchev–Trinajstić information content (AvgIpc) is 3.36. The highest BCUT2D eigenvalue weighted by atomic mass is 16.5. The molecule has 7 nitrogen and oxygen atoms in total. The SMILES string of the molecule is c1cc(-c2noc(CN3CCCC4(CCc5cn[nH]c54)C3)n2)ccn1. The molecule has 1 unspecified atom stereocenters. The fourth-order valence-electron chi connectivity index (χ4n) is 4.36. The lowest BCUT2D eigenvalue weighted by molar-refractivity contribution is 0.123. The van der Waals surface area contributed by atoms with Gasteiger partial charge in [-0.3, -0.25) is 15.0 Å². The first-order valence-corrected chi connectivity index (χ1v) is 8.80. The van der Waals surface area contributed by atoms with Crippen LogP contribution in [0.2, 0.25) is 0 Å². The summed E-state index contributed by atoms with van der Waals surface area (Å²) < 4.78 is 5.48. The number of nitrogens with zero attached hydrogens (tertiary/aromatic N) is 5. The molecule has 1 saturated heterocycles. The van der Waals surface area contributed by atoms with E-state index < -0.39 is 0 Å². The molecular weight excluding hydrogens is 316 g/mol. The van der Waals surface area contributed by atoms with Crippen molar-refractivity contribution < 1.29 is 4.52 Å². The number of piperidine rings is 1. The highest BCUT2D eigenvalue weighted by Crippen LogP contribution is 2.44. The molecule has 0 bridgehead atoms. The Morgan fingerprint density at radius 1 is 1.24 bits per heavy atom. The van der Waals surface area contributed by atoms with Gasteiger partial charge in [0.05, 0.1) is 12.7 Å². The van der Waals surface area contributed by atoms with Crippen LogP contribution in [-0.2, 0) is 18.4 Å². The summed E-state index contributed by atoms with van der Waals surface area (Å²) in [6.45, 7) is 2.79. The number of aromatic nitrogens is 5. The Kier molecular flexibility index (Phi) is 3.41. The Morgan fingerprint density at radius 3 is 3.08 bits per heavy atom. The maximum atomic E-state index is 5.48. The molecule has 0 amide bonds. The van der Waals surface area contributed by atoms with E-state index in [1.165, 1.54) is 30.5 Å². The van der Waals surface area contributed by atoms with Gasteiger partial charge in [0, 0.05) is 35.6 Å². The number of aromatic amines is 1. The monoisotopic (exact) mass is 336 g/mol. The van der Waals surface area contributed by atoms with Crippen molar-refractivity contribution in [1.29, 1.82) is 0 Å². The minimum Gasteiger partial charge on any atom is -0.338 e. The van der Waals surface area contributed by atoms with Crippen molar-refractivity contribution in [2.45, 2.75) is 37.6 Å². The van der Waals surface area contributed by atoms with Crippen molar-refractivity contribution >= 4 is 0 Å². The fourth-order valence-corrected chi connectivity index (χ4v) is 4.36. The molecule has 1 spiro atoms. The third-order valence-electron chi connectivity index (χ3n) is 5.54. The minimum atomic E-state index is 0.220. The molecule has 5 rings (SSSR count). The second-order valence-electron chi connectivity index (χ2n) is 7.11. The number of hydrogen-bond donors (Lipinski definition) is 1. The summed E-state index contributed by atoms with van der Waals surface area (Å²) in [6, 6.07) is 3.78. The predicted octanol–water partition coefficient (Wildman–Crippen LogP) is 2.33. The minimum absolute atomic E-state index is 0.220. The molecule has 1 aliphatic carbocycles. The van der Waals surface area contributed by atoms with Crippen LogP contribution in [0.15, 0.2) is 35.2 Å². The summed E-state index contributed by atoms with van der Waals surface area (Å²) in [7, 11) is 0. The molecule has 1 aliphatic heterocycles. The number of fused-ring (bicyclic) bond motifs is 2. The Labute approximate surface area is 145 Å². The van der Waals surface area contributed by atoms with Crippen molar-refractivity contribution in [3.8, 4) is 11.4 Å². The van der Waals surface area contributed by atoms with Crippen LogP contribution in [0.5, 0.6) is 0 Å². The van der Waals surface area contributed by atoms with E-state index >= 15 is 0 Å². The van der Waals surface area contributed by atoms with Gasteiger partial charge in [-0.1, -0.05) is 5.16 Å². The molecule has 1 atom stereocenters. The maximum Gasteiger partial charge on any atom is 0.241 e. The van der Waals surface area contributed by atoms with Crippen molar-refractivity contribution in [3.05, 3.63) is 47.9 Å². The number of H-pyrrole nitrogens is 1. The summed E-state index contributed by atoms with van der Waals surface area (Å²) in [4.78, 5) is 11.0. The number of likely N-dealkylation sites (tertiary alicyclic amines) is 1. The summed E-state index contributed by atoms with van der Waals surface area (Å²) >= 11 is 0. The van der Waals surface area contributed by atoms with Crippen LogP contribution in [0.1, 0.15) is 36.4 Å². The van der Waals surface area contributed by atoms with Crippen molar-refractivity contribution in [2.24, 2.45) is 0 Å². The predicted molar refractivity (Wildman–Crippen MR) is 90.6 cm³/mol. The van der Waals surface area contributed by atoms with E-state index in [2.05, 4.69) is 30.2 Å². The molecule has 3 aromatic rings. The van der Waals surface area contributed by atoms with Gasteiger partial charge in [-0.05, 0) is 49.9 Å².